The number of aryl methyl sites for hydroxylation is 3. The Kier molecular flexibility index (Phi) is 5.37. The molecule has 0 aliphatic heterocycles. The molecule has 0 bridgehead atoms. The SMILES string of the molecule is CCC(Br)CCCc1cc(C)nn1CC. The summed E-state index contributed by atoms with van der Waals surface area (Å²) in [5.41, 5.74) is 2.52. The highest BCUT2D eigenvalue weighted by Gasteiger charge is 2.05. The molecule has 0 aromatic carbocycles. The summed E-state index contributed by atoms with van der Waals surface area (Å²) in [7, 11) is 0. The van der Waals surface area contributed by atoms with Crippen molar-refractivity contribution in [3.8, 4) is 0 Å². The van der Waals surface area contributed by atoms with Crippen molar-refractivity contribution >= 4 is 15.9 Å². The molecule has 0 aliphatic rings. The van der Waals surface area contributed by atoms with Gasteiger partial charge in [-0.2, -0.15) is 5.10 Å². The molecule has 1 heterocycles. The highest BCUT2D eigenvalue weighted by Crippen LogP contribution is 2.15. The van der Waals surface area contributed by atoms with Gasteiger partial charge in [-0.25, -0.2) is 0 Å². The van der Waals surface area contributed by atoms with Crippen molar-refractivity contribution in [1.82, 2.24) is 9.78 Å². The molecule has 3 heteroatoms. The number of rotatable bonds is 6. The number of hydrogen-bond donors (Lipinski definition) is 0. The van der Waals surface area contributed by atoms with Gasteiger partial charge in [0.2, 0.25) is 0 Å². The van der Waals surface area contributed by atoms with Gasteiger partial charge in [0.25, 0.3) is 0 Å². The first kappa shape index (κ1) is 12.8. The van der Waals surface area contributed by atoms with Gasteiger partial charge in [0.05, 0.1) is 5.69 Å². The largest absolute Gasteiger partial charge is 0.270 e. The van der Waals surface area contributed by atoms with Crippen molar-refractivity contribution in [3.63, 3.8) is 0 Å². The van der Waals surface area contributed by atoms with Gasteiger partial charge in [-0.15, -0.1) is 0 Å². The van der Waals surface area contributed by atoms with Crippen LogP contribution < -0.4 is 0 Å². The summed E-state index contributed by atoms with van der Waals surface area (Å²) in [4.78, 5) is 0.677. The van der Waals surface area contributed by atoms with Crippen LogP contribution >= 0.6 is 15.9 Å². The minimum atomic E-state index is 0.677. The third-order valence-corrected chi connectivity index (χ3v) is 3.78. The minimum Gasteiger partial charge on any atom is -0.270 e. The lowest BCUT2D eigenvalue weighted by Crippen LogP contribution is -2.04. The second kappa shape index (κ2) is 6.31. The van der Waals surface area contributed by atoms with E-state index in [1.807, 2.05) is 0 Å². The molecular weight excluding hydrogens is 252 g/mol. The van der Waals surface area contributed by atoms with E-state index in [1.54, 1.807) is 0 Å². The van der Waals surface area contributed by atoms with Crippen LogP contribution in [0.25, 0.3) is 0 Å². The van der Waals surface area contributed by atoms with Crippen LogP contribution in [0.15, 0.2) is 6.07 Å². The van der Waals surface area contributed by atoms with E-state index in [0.29, 0.717) is 4.83 Å². The Labute approximate surface area is 101 Å². The van der Waals surface area contributed by atoms with Crippen LogP contribution in [0.5, 0.6) is 0 Å². The van der Waals surface area contributed by atoms with E-state index in [4.69, 9.17) is 0 Å². The molecule has 0 radical (unpaired) electrons. The third-order valence-electron chi connectivity index (χ3n) is 2.68. The fourth-order valence-corrected chi connectivity index (χ4v) is 2.11. The number of aromatic nitrogens is 2. The predicted molar refractivity (Wildman–Crippen MR) is 68.6 cm³/mol. The monoisotopic (exact) mass is 272 g/mol. The fourth-order valence-electron chi connectivity index (χ4n) is 1.78. The van der Waals surface area contributed by atoms with Crippen LogP contribution in [0.1, 0.15) is 44.5 Å². The lowest BCUT2D eigenvalue weighted by molar-refractivity contribution is 0.593. The summed E-state index contributed by atoms with van der Waals surface area (Å²) < 4.78 is 2.12. The second-order valence-electron chi connectivity index (χ2n) is 3.99. The first-order valence-corrected chi connectivity index (χ1v) is 6.76. The smallest absolute Gasteiger partial charge is 0.0596 e. The van der Waals surface area contributed by atoms with Crippen molar-refractivity contribution < 1.29 is 0 Å². The zero-order valence-corrected chi connectivity index (χ0v) is 11.5. The summed E-state index contributed by atoms with van der Waals surface area (Å²) in [6.45, 7) is 7.42. The molecule has 1 unspecified atom stereocenters. The number of nitrogens with zero attached hydrogens (tertiary/aromatic N) is 2. The van der Waals surface area contributed by atoms with E-state index in [1.165, 1.54) is 25.0 Å². The molecule has 0 saturated carbocycles. The summed E-state index contributed by atoms with van der Waals surface area (Å²) >= 11 is 3.67. The maximum absolute atomic E-state index is 4.45. The van der Waals surface area contributed by atoms with Crippen molar-refractivity contribution in [3.05, 3.63) is 17.5 Å². The fraction of sp³-hybridized carbons (Fsp3) is 0.750. The van der Waals surface area contributed by atoms with Gasteiger partial charge >= 0.3 is 0 Å². The average Bonchev–Trinajstić information content (AvgIpc) is 2.58. The summed E-state index contributed by atoms with van der Waals surface area (Å²) in [5.74, 6) is 0. The van der Waals surface area contributed by atoms with Gasteiger partial charge in [0.15, 0.2) is 0 Å². The molecule has 0 aliphatic carbocycles. The standard InChI is InChI=1S/C12H21BrN2/c1-4-11(13)7-6-8-12-9-10(3)14-15(12)5-2/h9,11H,4-8H2,1-3H3. The maximum Gasteiger partial charge on any atom is 0.0596 e. The van der Waals surface area contributed by atoms with Gasteiger partial charge in [-0.05, 0) is 45.6 Å². The van der Waals surface area contributed by atoms with E-state index < -0.39 is 0 Å². The number of halogens is 1. The molecule has 1 aromatic heterocycles. The summed E-state index contributed by atoms with van der Waals surface area (Å²) in [6, 6.07) is 2.21. The van der Waals surface area contributed by atoms with Crippen molar-refractivity contribution in [2.75, 3.05) is 0 Å². The van der Waals surface area contributed by atoms with Gasteiger partial charge in [-0.1, -0.05) is 22.9 Å². The third kappa shape index (κ3) is 3.98. The number of alkyl halides is 1. The molecule has 15 heavy (non-hydrogen) atoms. The van der Waals surface area contributed by atoms with Crippen molar-refractivity contribution in [2.45, 2.75) is 57.8 Å². The molecule has 86 valence electrons. The number of hydrogen-bond acceptors (Lipinski definition) is 1. The normalized spacial score (nSPS) is 13.1. The highest BCUT2D eigenvalue weighted by molar-refractivity contribution is 9.09. The molecule has 2 nitrogen and oxygen atoms in total. The van der Waals surface area contributed by atoms with Gasteiger partial charge < -0.3 is 0 Å². The van der Waals surface area contributed by atoms with Crippen LogP contribution in [-0.2, 0) is 13.0 Å². The lowest BCUT2D eigenvalue weighted by Gasteiger charge is -2.07. The first-order valence-electron chi connectivity index (χ1n) is 5.84. The van der Waals surface area contributed by atoms with Gasteiger partial charge in [0, 0.05) is 17.1 Å². The molecule has 0 saturated heterocycles. The Balaban J connectivity index is 2.42. The van der Waals surface area contributed by atoms with Gasteiger partial charge in [0.1, 0.15) is 0 Å². The molecular formula is C12H21BrN2. The van der Waals surface area contributed by atoms with Crippen LogP contribution in [0.3, 0.4) is 0 Å². The lowest BCUT2D eigenvalue weighted by atomic mass is 10.1. The topological polar surface area (TPSA) is 17.8 Å². The summed E-state index contributed by atoms with van der Waals surface area (Å²) in [5, 5.41) is 4.45. The Hall–Kier alpha value is -0.310. The zero-order valence-electron chi connectivity index (χ0n) is 9.96. The van der Waals surface area contributed by atoms with Crippen LogP contribution in [0.2, 0.25) is 0 Å². The maximum atomic E-state index is 4.45. The highest BCUT2D eigenvalue weighted by atomic mass is 79.9. The second-order valence-corrected chi connectivity index (χ2v) is 5.29. The van der Waals surface area contributed by atoms with E-state index in [-0.39, 0.29) is 0 Å². The van der Waals surface area contributed by atoms with Crippen LogP contribution in [0, 0.1) is 6.92 Å². The van der Waals surface area contributed by atoms with Crippen LogP contribution in [0.4, 0.5) is 0 Å². The Morgan fingerprint density at radius 1 is 1.47 bits per heavy atom. The minimum absolute atomic E-state index is 0.677. The van der Waals surface area contributed by atoms with E-state index >= 15 is 0 Å². The van der Waals surface area contributed by atoms with E-state index in [9.17, 15) is 0 Å². The van der Waals surface area contributed by atoms with Crippen LogP contribution in [-0.4, -0.2) is 14.6 Å². The first-order chi connectivity index (χ1) is 7.17. The zero-order chi connectivity index (χ0) is 11.3. The molecule has 0 fully saturated rings. The Bertz CT molecular complexity index is 294. The van der Waals surface area contributed by atoms with Gasteiger partial charge in [-0.3, -0.25) is 4.68 Å². The van der Waals surface area contributed by atoms with E-state index in [0.717, 1.165) is 18.7 Å². The molecule has 1 rings (SSSR count). The average molecular weight is 273 g/mol. The van der Waals surface area contributed by atoms with E-state index in [2.05, 4.69) is 52.5 Å². The van der Waals surface area contributed by atoms with Crippen molar-refractivity contribution in [1.29, 1.82) is 0 Å². The molecule has 0 N–H and O–H groups in total. The van der Waals surface area contributed by atoms with Crippen molar-refractivity contribution in [2.24, 2.45) is 0 Å². The molecule has 0 spiro atoms. The summed E-state index contributed by atoms with van der Waals surface area (Å²) in [6.07, 6.45) is 4.86. The molecule has 0 amide bonds. The Morgan fingerprint density at radius 3 is 2.80 bits per heavy atom. The quantitative estimate of drug-likeness (QED) is 0.722. The molecule has 1 atom stereocenters. The predicted octanol–water partition coefficient (Wildman–Crippen LogP) is 3.71. The Morgan fingerprint density at radius 2 is 2.20 bits per heavy atom. The molecule has 1 aromatic rings.